The first kappa shape index (κ1) is 20.7. The van der Waals surface area contributed by atoms with Gasteiger partial charge in [0.05, 0.1) is 22.0 Å². The van der Waals surface area contributed by atoms with Crippen LogP contribution in [-0.2, 0) is 4.79 Å². The summed E-state index contributed by atoms with van der Waals surface area (Å²) < 4.78 is 3.02. The highest BCUT2D eigenvalue weighted by Gasteiger charge is 2.28. The van der Waals surface area contributed by atoms with Crippen molar-refractivity contribution >= 4 is 38.4 Å². The lowest BCUT2D eigenvalue weighted by Crippen LogP contribution is -2.40. The number of para-hydroxylation sites is 1. The van der Waals surface area contributed by atoms with Crippen LogP contribution in [0.2, 0.25) is 0 Å². The number of benzene rings is 2. The number of anilines is 2. The minimum Gasteiger partial charge on any atom is -0.347 e. The minimum absolute atomic E-state index is 0.0533. The molecule has 1 amide bonds. The second kappa shape index (κ2) is 8.39. The van der Waals surface area contributed by atoms with Crippen LogP contribution in [0, 0.1) is 26.7 Å². The van der Waals surface area contributed by atoms with Gasteiger partial charge in [0.15, 0.2) is 10.8 Å². The van der Waals surface area contributed by atoms with E-state index in [1.54, 1.807) is 11.3 Å². The summed E-state index contributed by atoms with van der Waals surface area (Å²) >= 11 is 1.67. The van der Waals surface area contributed by atoms with Crippen LogP contribution >= 0.6 is 11.3 Å². The number of hydrogen-bond donors (Lipinski definition) is 1. The van der Waals surface area contributed by atoms with Gasteiger partial charge in [-0.05, 0) is 62.9 Å². The fourth-order valence-electron chi connectivity index (χ4n) is 4.29. The van der Waals surface area contributed by atoms with E-state index in [0.29, 0.717) is 6.54 Å². The van der Waals surface area contributed by atoms with Crippen molar-refractivity contribution in [3.05, 3.63) is 65.4 Å². The maximum Gasteiger partial charge on any atom is 0.229 e. The second-order valence-electron chi connectivity index (χ2n) is 8.50. The summed E-state index contributed by atoms with van der Waals surface area (Å²) in [6, 6.07) is 16.1. The van der Waals surface area contributed by atoms with Crippen LogP contribution in [0.5, 0.6) is 0 Å². The van der Waals surface area contributed by atoms with Gasteiger partial charge in [-0.25, -0.2) is 4.68 Å². The van der Waals surface area contributed by atoms with Crippen LogP contribution in [0.25, 0.3) is 16.0 Å². The van der Waals surface area contributed by atoms with E-state index in [0.717, 1.165) is 57.5 Å². The molecule has 0 radical (unpaired) electrons. The summed E-state index contributed by atoms with van der Waals surface area (Å²) in [6.07, 6.45) is 1.87. The lowest BCUT2D eigenvalue weighted by molar-refractivity contribution is -0.120. The zero-order valence-electron chi connectivity index (χ0n) is 18.6. The molecule has 3 heterocycles. The van der Waals surface area contributed by atoms with Crippen molar-refractivity contribution in [2.75, 3.05) is 23.3 Å². The fourth-order valence-corrected chi connectivity index (χ4v) is 5.32. The third-order valence-corrected chi connectivity index (χ3v) is 7.52. The Morgan fingerprint density at radius 3 is 2.72 bits per heavy atom. The normalized spacial score (nSPS) is 16.5. The van der Waals surface area contributed by atoms with E-state index < -0.39 is 0 Å². The van der Waals surface area contributed by atoms with Crippen LogP contribution in [0.1, 0.15) is 29.7 Å². The minimum atomic E-state index is -0.0533. The number of nitrogens with one attached hydrogen (secondary N) is 1. The molecule has 1 fully saturated rings. The lowest BCUT2D eigenvalue weighted by atomic mass is 9.97. The predicted octanol–water partition coefficient (Wildman–Crippen LogP) is 5.26. The first-order valence-corrected chi connectivity index (χ1v) is 11.9. The van der Waals surface area contributed by atoms with Gasteiger partial charge in [-0.2, -0.15) is 10.1 Å². The number of fused-ring (bicyclic) bond motifs is 1. The summed E-state index contributed by atoms with van der Waals surface area (Å²) in [5.41, 5.74) is 6.09. The molecule has 1 saturated heterocycles. The molecule has 164 valence electrons. The van der Waals surface area contributed by atoms with E-state index in [1.807, 2.05) is 54.1 Å². The van der Waals surface area contributed by atoms with Crippen molar-refractivity contribution in [1.29, 1.82) is 0 Å². The molecule has 1 aliphatic heterocycles. The SMILES string of the molecule is Cc1cccc(NC(=O)C2CCCN(c3nc4c(s3)c(C)nn4-c3ccccc3)C2)c1C. The van der Waals surface area contributed by atoms with Gasteiger partial charge in [0, 0.05) is 18.8 Å². The Bertz CT molecular complexity index is 1280. The zero-order valence-corrected chi connectivity index (χ0v) is 19.4. The molecule has 5 rings (SSSR count). The molecule has 2 aromatic heterocycles. The maximum atomic E-state index is 13.1. The Hall–Kier alpha value is -3.19. The molecule has 7 heteroatoms. The van der Waals surface area contributed by atoms with Crippen molar-refractivity contribution in [2.45, 2.75) is 33.6 Å². The number of carbonyl (C=O) groups excluding carboxylic acids is 1. The number of thiazole rings is 1. The van der Waals surface area contributed by atoms with Gasteiger partial charge in [0.25, 0.3) is 0 Å². The number of amides is 1. The van der Waals surface area contributed by atoms with E-state index >= 15 is 0 Å². The van der Waals surface area contributed by atoms with E-state index in [-0.39, 0.29) is 11.8 Å². The molecular formula is C25H27N5OS. The maximum absolute atomic E-state index is 13.1. The van der Waals surface area contributed by atoms with Gasteiger partial charge < -0.3 is 10.2 Å². The molecule has 1 unspecified atom stereocenters. The number of piperidine rings is 1. The molecular weight excluding hydrogens is 418 g/mol. The zero-order chi connectivity index (χ0) is 22.2. The fraction of sp³-hybridized carbons (Fsp3) is 0.320. The van der Waals surface area contributed by atoms with E-state index in [1.165, 1.54) is 5.56 Å². The molecule has 32 heavy (non-hydrogen) atoms. The van der Waals surface area contributed by atoms with Crippen LogP contribution in [0.3, 0.4) is 0 Å². The monoisotopic (exact) mass is 445 g/mol. The van der Waals surface area contributed by atoms with Gasteiger partial charge >= 0.3 is 0 Å². The summed E-state index contributed by atoms with van der Waals surface area (Å²) in [5, 5.41) is 8.82. The smallest absolute Gasteiger partial charge is 0.229 e. The third-order valence-electron chi connectivity index (χ3n) is 6.30. The van der Waals surface area contributed by atoms with Crippen LogP contribution < -0.4 is 10.2 Å². The largest absolute Gasteiger partial charge is 0.347 e. The molecule has 4 aromatic rings. The first-order chi connectivity index (χ1) is 15.5. The van der Waals surface area contributed by atoms with E-state index in [2.05, 4.69) is 30.1 Å². The predicted molar refractivity (Wildman–Crippen MR) is 131 cm³/mol. The van der Waals surface area contributed by atoms with Crippen LogP contribution in [0.4, 0.5) is 10.8 Å². The van der Waals surface area contributed by atoms with Crippen LogP contribution in [-0.4, -0.2) is 33.8 Å². The highest BCUT2D eigenvalue weighted by molar-refractivity contribution is 7.22. The molecule has 0 saturated carbocycles. The Labute approximate surface area is 191 Å². The summed E-state index contributed by atoms with van der Waals surface area (Å²) in [5.74, 6) is 0.0403. The number of aromatic nitrogens is 3. The van der Waals surface area contributed by atoms with Crippen LogP contribution in [0.15, 0.2) is 48.5 Å². The van der Waals surface area contributed by atoms with Crippen molar-refractivity contribution in [3.63, 3.8) is 0 Å². The molecule has 0 spiro atoms. The molecule has 1 atom stereocenters. The quantitative estimate of drug-likeness (QED) is 0.465. The number of carbonyl (C=O) groups is 1. The molecule has 1 aliphatic rings. The second-order valence-corrected chi connectivity index (χ2v) is 9.48. The Morgan fingerprint density at radius 2 is 1.91 bits per heavy atom. The van der Waals surface area contributed by atoms with Crippen molar-refractivity contribution < 1.29 is 4.79 Å². The number of rotatable bonds is 4. The number of aryl methyl sites for hydroxylation is 2. The Balaban J connectivity index is 1.37. The molecule has 0 aliphatic carbocycles. The molecule has 0 bridgehead atoms. The summed E-state index contributed by atoms with van der Waals surface area (Å²) in [7, 11) is 0. The number of hydrogen-bond acceptors (Lipinski definition) is 5. The van der Waals surface area contributed by atoms with Gasteiger partial charge in [-0.15, -0.1) is 0 Å². The topological polar surface area (TPSA) is 63.1 Å². The van der Waals surface area contributed by atoms with E-state index in [4.69, 9.17) is 10.1 Å². The average Bonchev–Trinajstić information content (AvgIpc) is 3.38. The summed E-state index contributed by atoms with van der Waals surface area (Å²) in [4.78, 5) is 20.3. The van der Waals surface area contributed by atoms with Gasteiger partial charge in [0.2, 0.25) is 5.91 Å². The van der Waals surface area contributed by atoms with Gasteiger partial charge in [-0.3, -0.25) is 4.79 Å². The highest BCUT2D eigenvalue weighted by Crippen LogP contribution is 2.34. The van der Waals surface area contributed by atoms with Crippen molar-refractivity contribution in [1.82, 2.24) is 14.8 Å². The van der Waals surface area contributed by atoms with Gasteiger partial charge in [-0.1, -0.05) is 41.7 Å². The lowest BCUT2D eigenvalue weighted by Gasteiger charge is -2.31. The first-order valence-electron chi connectivity index (χ1n) is 11.0. The Morgan fingerprint density at radius 1 is 1.09 bits per heavy atom. The average molecular weight is 446 g/mol. The third kappa shape index (κ3) is 3.77. The van der Waals surface area contributed by atoms with E-state index in [9.17, 15) is 4.79 Å². The van der Waals surface area contributed by atoms with Gasteiger partial charge in [0.1, 0.15) is 0 Å². The standard InChI is InChI=1S/C25H27N5OS/c1-16-9-7-13-21(17(16)2)26-24(31)19-10-8-14-29(15-19)25-27-23-22(32-25)18(3)28-30(23)20-11-5-4-6-12-20/h4-7,9,11-13,19H,8,10,14-15H2,1-3H3,(H,26,31). The van der Waals surface area contributed by atoms with Crippen molar-refractivity contribution in [2.24, 2.45) is 5.92 Å². The molecule has 6 nitrogen and oxygen atoms in total. The highest BCUT2D eigenvalue weighted by atomic mass is 32.1. The molecule has 2 aromatic carbocycles. The van der Waals surface area contributed by atoms with Crippen molar-refractivity contribution in [3.8, 4) is 5.69 Å². The number of nitrogens with zero attached hydrogens (tertiary/aromatic N) is 4. The molecule has 1 N–H and O–H groups in total. The Kier molecular flexibility index (Phi) is 5.43. The summed E-state index contributed by atoms with van der Waals surface area (Å²) in [6.45, 7) is 7.75.